The van der Waals surface area contributed by atoms with Crippen LogP contribution in [0.2, 0.25) is 0 Å². The molecule has 4 aliphatic heterocycles. The molecule has 0 aliphatic carbocycles. The lowest BCUT2D eigenvalue weighted by molar-refractivity contribution is -0.149. The summed E-state index contributed by atoms with van der Waals surface area (Å²) in [6, 6.07) is 9.18. The van der Waals surface area contributed by atoms with E-state index < -0.39 is 24.1 Å². The molecule has 2 amide bonds. The highest BCUT2D eigenvalue weighted by Gasteiger charge is 2.48. The number of para-hydroxylation sites is 1. The van der Waals surface area contributed by atoms with Gasteiger partial charge in [-0.25, -0.2) is 0 Å². The van der Waals surface area contributed by atoms with Crippen molar-refractivity contribution in [3.8, 4) is 17.2 Å². The lowest BCUT2D eigenvalue weighted by Crippen LogP contribution is -2.56. The third-order valence-electron chi connectivity index (χ3n) is 8.49. The lowest BCUT2D eigenvalue weighted by Gasteiger charge is -2.44. The molecule has 10 heteroatoms. The van der Waals surface area contributed by atoms with Crippen molar-refractivity contribution in [1.82, 2.24) is 4.90 Å². The fraction of sp³-hybridized carbons (Fsp3) is 0.516. The molecule has 0 spiro atoms. The first-order valence-electron chi connectivity index (χ1n) is 14.2. The number of aryl methyl sites for hydroxylation is 1. The third kappa shape index (κ3) is 4.88. The molecule has 2 aromatic carbocycles. The molecule has 1 unspecified atom stereocenters. The number of carboxylic acids is 1. The number of carbonyl (C=O) groups excluding carboxylic acids is 2. The summed E-state index contributed by atoms with van der Waals surface area (Å²) < 4.78 is 24.5. The third-order valence-corrected chi connectivity index (χ3v) is 8.49. The number of carbonyl (C=O) groups is 3. The molecule has 41 heavy (non-hydrogen) atoms. The first-order valence-corrected chi connectivity index (χ1v) is 14.2. The summed E-state index contributed by atoms with van der Waals surface area (Å²) in [7, 11) is 0. The maximum Gasteiger partial charge on any atom is 0.308 e. The van der Waals surface area contributed by atoms with Crippen molar-refractivity contribution < 1.29 is 38.4 Å². The van der Waals surface area contributed by atoms with Gasteiger partial charge in [-0.2, -0.15) is 0 Å². The number of rotatable bonds is 4. The van der Waals surface area contributed by atoms with Crippen LogP contribution in [0.3, 0.4) is 0 Å². The van der Waals surface area contributed by atoms with E-state index in [2.05, 4.69) is 20.8 Å². The van der Waals surface area contributed by atoms with Gasteiger partial charge in [0.15, 0.2) is 11.5 Å². The van der Waals surface area contributed by atoms with Gasteiger partial charge in [0.1, 0.15) is 24.6 Å². The first kappa shape index (κ1) is 27.4. The molecule has 4 atom stereocenters. The Morgan fingerprint density at radius 2 is 1.88 bits per heavy atom. The summed E-state index contributed by atoms with van der Waals surface area (Å²) in [5.41, 5.74) is 2.70. The van der Waals surface area contributed by atoms with Crippen LogP contribution < -0.4 is 19.1 Å². The van der Waals surface area contributed by atoms with Crippen LogP contribution >= 0.6 is 0 Å². The first-order chi connectivity index (χ1) is 19.5. The number of carboxylic acid groups (broad SMARTS) is 1. The summed E-state index contributed by atoms with van der Waals surface area (Å²) in [6.45, 7) is 9.11. The summed E-state index contributed by atoms with van der Waals surface area (Å²) >= 11 is 0. The molecule has 4 heterocycles. The van der Waals surface area contributed by atoms with Crippen molar-refractivity contribution in [3.63, 3.8) is 0 Å². The van der Waals surface area contributed by atoms with Crippen LogP contribution in [0, 0.1) is 18.3 Å². The number of fused-ring (bicyclic) bond motifs is 1. The number of aliphatic carboxylic acids is 1. The van der Waals surface area contributed by atoms with Gasteiger partial charge in [0.2, 0.25) is 12.7 Å². The number of nitrogens with zero attached hydrogens (tertiary/aromatic N) is 2. The van der Waals surface area contributed by atoms with E-state index in [0.29, 0.717) is 54.5 Å². The van der Waals surface area contributed by atoms with Crippen molar-refractivity contribution in [2.45, 2.75) is 65.2 Å². The minimum atomic E-state index is -1.11. The maximum absolute atomic E-state index is 14.5. The number of benzene rings is 2. The normalized spacial score (nSPS) is 25.3. The average molecular weight is 565 g/mol. The van der Waals surface area contributed by atoms with Gasteiger partial charge in [0.25, 0.3) is 5.91 Å². The van der Waals surface area contributed by atoms with Gasteiger partial charge < -0.3 is 29.0 Å². The minimum absolute atomic E-state index is 0.0763. The van der Waals surface area contributed by atoms with Gasteiger partial charge in [0.05, 0.1) is 24.1 Å². The van der Waals surface area contributed by atoms with E-state index in [1.807, 2.05) is 37.3 Å². The van der Waals surface area contributed by atoms with Gasteiger partial charge in [-0.1, -0.05) is 39.0 Å². The molecule has 1 saturated heterocycles. The Morgan fingerprint density at radius 1 is 1.07 bits per heavy atom. The number of anilines is 1. The van der Waals surface area contributed by atoms with E-state index in [4.69, 9.17) is 18.9 Å². The minimum Gasteiger partial charge on any atom is -0.489 e. The number of ether oxygens (including phenoxy) is 4. The van der Waals surface area contributed by atoms with Crippen LogP contribution in [0.25, 0.3) is 0 Å². The molecule has 4 aliphatic rings. The second-order valence-corrected chi connectivity index (χ2v) is 12.4. The Hall–Kier alpha value is -3.79. The predicted molar refractivity (Wildman–Crippen MR) is 148 cm³/mol. The lowest BCUT2D eigenvalue weighted by atomic mass is 9.84. The van der Waals surface area contributed by atoms with E-state index in [0.717, 1.165) is 11.1 Å². The Balaban J connectivity index is 1.45. The Bertz CT molecular complexity index is 1400. The molecule has 218 valence electrons. The largest absolute Gasteiger partial charge is 0.489 e. The molecule has 2 aromatic rings. The van der Waals surface area contributed by atoms with Gasteiger partial charge in [-0.3, -0.25) is 19.3 Å². The average Bonchev–Trinajstić information content (AvgIpc) is 3.38. The highest BCUT2D eigenvalue weighted by molar-refractivity contribution is 6.02. The molecular weight excluding hydrogens is 528 g/mol. The Kier molecular flexibility index (Phi) is 6.84. The number of likely N-dealkylation sites (tertiary alicyclic amines) is 1. The molecular formula is C31H36N2O8. The zero-order valence-corrected chi connectivity index (χ0v) is 23.8. The predicted octanol–water partition coefficient (Wildman–Crippen LogP) is 4.07. The highest BCUT2D eigenvalue weighted by Crippen LogP contribution is 2.51. The van der Waals surface area contributed by atoms with Crippen molar-refractivity contribution in [2.75, 3.05) is 31.4 Å². The number of piperidine rings is 1. The monoisotopic (exact) mass is 564 g/mol. The van der Waals surface area contributed by atoms with Crippen molar-refractivity contribution in [3.05, 3.63) is 47.0 Å². The summed E-state index contributed by atoms with van der Waals surface area (Å²) in [6.07, 6.45) is -0.937. The highest BCUT2D eigenvalue weighted by atomic mass is 16.7. The molecule has 0 bridgehead atoms. The molecule has 1 fully saturated rings. The van der Waals surface area contributed by atoms with E-state index in [9.17, 15) is 19.5 Å². The van der Waals surface area contributed by atoms with Crippen molar-refractivity contribution in [1.29, 1.82) is 0 Å². The molecule has 10 nitrogen and oxygen atoms in total. The van der Waals surface area contributed by atoms with Gasteiger partial charge in [-0.15, -0.1) is 0 Å². The van der Waals surface area contributed by atoms with Crippen LogP contribution in [0.5, 0.6) is 17.2 Å². The molecule has 1 N–H and O–H groups in total. The standard InChI is InChI=1S/C31H36N2O8/c1-17-11-20-26-22(12-17)38-15-24(31(2,3)4)33(26)29(35)23(13-25(34)32-10-6-7-18(14-32)30(36)37)41-27(20)19-8-5-9-21-28(19)40-16-39-21/h5,8-9,11-12,18,23-24,27H,6-7,10,13-16H2,1-4H3,(H,36,37)/t18?,23-,24+,27-/m1/s1. The quantitative estimate of drug-likeness (QED) is 0.591. The van der Waals surface area contributed by atoms with Crippen LogP contribution in [-0.2, 0) is 19.1 Å². The number of hydrogen-bond donors (Lipinski definition) is 1. The fourth-order valence-corrected chi connectivity index (χ4v) is 6.32. The van der Waals surface area contributed by atoms with Crippen LogP contribution in [0.4, 0.5) is 5.69 Å². The molecule has 0 saturated carbocycles. The van der Waals surface area contributed by atoms with Crippen LogP contribution in [0.1, 0.15) is 62.8 Å². The smallest absolute Gasteiger partial charge is 0.308 e. The van der Waals surface area contributed by atoms with Crippen LogP contribution in [0.15, 0.2) is 30.3 Å². The Labute approximate surface area is 239 Å². The van der Waals surface area contributed by atoms with E-state index in [-0.39, 0.29) is 43.0 Å². The van der Waals surface area contributed by atoms with E-state index in [1.165, 1.54) is 0 Å². The number of amides is 2. The molecule has 0 aromatic heterocycles. The van der Waals surface area contributed by atoms with Crippen molar-refractivity contribution >= 4 is 23.5 Å². The topological polar surface area (TPSA) is 115 Å². The second kappa shape index (κ2) is 10.2. The molecule has 0 radical (unpaired) electrons. The van der Waals surface area contributed by atoms with Crippen LogP contribution in [-0.4, -0.2) is 66.4 Å². The van der Waals surface area contributed by atoms with E-state index in [1.54, 1.807) is 9.80 Å². The zero-order valence-electron chi connectivity index (χ0n) is 23.8. The Morgan fingerprint density at radius 3 is 2.63 bits per heavy atom. The maximum atomic E-state index is 14.5. The van der Waals surface area contributed by atoms with Crippen molar-refractivity contribution in [2.24, 2.45) is 11.3 Å². The van der Waals surface area contributed by atoms with Gasteiger partial charge >= 0.3 is 5.97 Å². The summed E-state index contributed by atoms with van der Waals surface area (Å²) in [4.78, 5) is 43.1. The number of hydrogen-bond acceptors (Lipinski definition) is 7. The van der Waals surface area contributed by atoms with Gasteiger partial charge in [0, 0.05) is 24.2 Å². The second-order valence-electron chi connectivity index (χ2n) is 12.4. The SMILES string of the molecule is Cc1cc2c3c(c1)[C@@H](c1cccc4c1OCO4)O[C@H](CC(=O)N1CCCC(C(=O)O)C1)C(=O)N3[C@H](C(C)(C)C)CO2. The molecule has 6 rings (SSSR count). The fourth-order valence-electron chi connectivity index (χ4n) is 6.32. The van der Waals surface area contributed by atoms with Gasteiger partial charge in [-0.05, 0) is 42.9 Å². The zero-order chi connectivity index (χ0) is 29.1. The van der Waals surface area contributed by atoms with E-state index >= 15 is 0 Å². The summed E-state index contributed by atoms with van der Waals surface area (Å²) in [5.74, 6) is -0.410. The summed E-state index contributed by atoms with van der Waals surface area (Å²) in [5, 5.41) is 9.55.